The maximum absolute atomic E-state index is 13.2. The molecule has 8 heteroatoms. The number of carbonyl (C=O) groups excluding carboxylic acids is 1. The maximum Gasteiger partial charge on any atom is 0.240 e. The fourth-order valence-electron chi connectivity index (χ4n) is 5.37. The van der Waals surface area contributed by atoms with E-state index in [0.29, 0.717) is 25.7 Å². The van der Waals surface area contributed by atoms with Crippen LogP contribution in [0.15, 0.2) is 71.6 Å². The van der Waals surface area contributed by atoms with Gasteiger partial charge in [0.05, 0.1) is 10.9 Å². The minimum Gasteiger partial charge on any atom is -0.354 e. The third-order valence-electron chi connectivity index (χ3n) is 7.74. The van der Waals surface area contributed by atoms with Crippen molar-refractivity contribution in [1.82, 2.24) is 15.0 Å². The molecule has 6 nitrogen and oxygen atoms in total. The van der Waals surface area contributed by atoms with Gasteiger partial charge in [0, 0.05) is 34.1 Å². The average Bonchev–Trinajstić information content (AvgIpc) is 3.34. The topological polar surface area (TPSA) is 91.1 Å². The fourth-order valence-corrected chi connectivity index (χ4v) is 6.70. The van der Waals surface area contributed by atoms with Gasteiger partial charge in [-0.1, -0.05) is 35.9 Å². The normalized spacial score (nSPS) is 18.7. The van der Waals surface area contributed by atoms with Gasteiger partial charge < -0.3 is 10.3 Å². The van der Waals surface area contributed by atoms with Gasteiger partial charge in [-0.3, -0.25) is 4.79 Å². The summed E-state index contributed by atoms with van der Waals surface area (Å²) < 4.78 is 42.5. The van der Waals surface area contributed by atoms with Crippen LogP contribution in [0, 0.1) is 25.6 Å². The molecule has 0 unspecified atom stereocenters. The van der Waals surface area contributed by atoms with Crippen molar-refractivity contribution in [2.75, 3.05) is 0 Å². The highest BCUT2D eigenvalue weighted by Crippen LogP contribution is 2.30. The molecule has 1 atom stereocenters. The molecule has 39 heavy (non-hydrogen) atoms. The van der Waals surface area contributed by atoms with E-state index < -0.39 is 10.0 Å². The lowest BCUT2D eigenvalue weighted by Gasteiger charge is -2.29. The first-order valence-corrected chi connectivity index (χ1v) is 14.9. The highest BCUT2D eigenvalue weighted by atomic mass is 32.2. The lowest BCUT2D eigenvalue weighted by atomic mass is 9.85. The predicted octanol–water partition coefficient (Wildman–Crippen LogP) is 6.31. The molecule has 3 N–H and O–H groups in total. The summed E-state index contributed by atoms with van der Waals surface area (Å²) in [5.74, 6) is -0.537. The molecule has 0 aliphatic heterocycles. The number of amides is 1. The number of H-pyrrole nitrogens is 1. The Morgan fingerprint density at radius 1 is 0.949 bits per heavy atom. The predicted molar refractivity (Wildman–Crippen MR) is 152 cm³/mol. The number of hydrogen-bond acceptors (Lipinski definition) is 3. The van der Waals surface area contributed by atoms with Crippen molar-refractivity contribution in [1.29, 1.82) is 0 Å². The Hall–Kier alpha value is -3.49. The zero-order valence-corrected chi connectivity index (χ0v) is 23.2. The first-order chi connectivity index (χ1) is 18.6. The molecule has 1 aromatic heterocycles. The van der Waals surface area contributed by atoms with Gasteiger partial charge >= 0.3 is 0 Å². The number of sulfonamides is 1. The first kappa shape index (κ1) is 27.1. The van der Waals surface area contributed by atoms with E-state index in [9.17, 15) is 17.6 Å². The second-order valence-corrected chi connectivity index (χ2v) is 12.4. The number of aromatic amines is 1. The summed E-state index contributed by atoms with van der Waals surface area (Å²) in [7, 11) is -3.72. The minimum absolute atomic E-state index is 0.0509. The van der Waals surface area contributed by atoms with Crippen LogP contribution in [0.3, 0.4) is 0 Å². The van der Waals surface area contributed by atoms with Crippen LogP contribution in [0.4, 0.5) is 4.39 Å². The van der Waals surface area contributed by atoms with Crippen LogP contribution >= 0.6 is 0 Å². The lowest BCUT2D eigenvalue weighted by Crippen LogP contribution is -2.41. The Morgan fingerprint density at radius 3 is 2.38 bits per heavy atom. The smallest absolute Gasteiger partial charge is 0.240 e. The van der Waals surface area contributed by atoms with E-state index in [1.807, 2.05) is 19.1 Å². The van der Waals surface area contributed by atoms with E-state index in [2.05, 4.69) is 47.1 Å². The molecule has 3 aromatic carbocycles. The Morgan fingerprint density at radius 2 is 1.67 bits per heavy atom. The Kier molecular flexibility index (Phi) is 7.60. The van der Waals surface area contributed by atoms with Gasteiger partial charge in [0.25, 0.3) is 0 Å². The standard InChI is InChI=1S/C31H34FN3O3S/c1-19-4-5-20(2)28(16-19)30-17-24-10-15-27(18-29(24)34-30)39(37,38)35-26-13-8-23(9-14-26)31(36)33-21(3)22-6-11-25(32)12-7-22/h4-7,10-12,15-18,21,23,26,34-35H,8-9,13-14H2,1-3H3,(H,33,36)/t21-,23-,26-/m1/s1. The summed E-state index contributed by atoms with van der Waals surface area (Å²) in [4.78, 5) is 16.4. The van der Waals surface area contributed by atoms with Crippen LogP contribution in [0.25, 0.3) is 22.2 Å². The molecule has 0 saturated heterocycles. The molecule has 5 rings (SSSR count). The molecular formula is C31H34FN3O3S. The Balaban J connectivity index is 1.21. The van der Waals surface area contributed by atoms with Crippen LogP contribution in [-0.4, -0.2) is 25.4 Å². The number of aromatic nitrogens is 1. The summed E-state index contributed by atoms with van der Waals surface area (Å²) in [5, 5.41) is 3.96. The van der Waals surface area contributed by atoms with E-state index in [-0.39, 0.29) is 34.6 Å². The van der Waals surface area contributed by atoms with E-state index >= 15 is 0 Å². The van der Waals surface area contributed by atoms with Crippen molar-refractivity contribution >= 4 is 26.8 Å². The van der Waals surface area contributed by atoms with Gasteiger partial charge in [-0.15, -0.1) is 0 Å². The van der Waals surface area contributed by atoms with Gasteiger partial charge in [-0.05, 0) is 94.0 Å². The molecule has 1 aliphatic carbocycles. The maximum atomic E-state index is 13.2. The van der Waals surface area contributed by atoms with E-state index in [1.54, 1.807) is 24.3 Å². The molecule has 1 saturated carbocycles. The van der Waals surface area contributed by atoms with Crippen molar-refractivity contribution in [3.05, 3.63) is 89.2 Å². The minimum atomic E-state index is -3.72. The molecule has 0 radical (unpaired) electrons. The van der Waals surface area contributed by atoms with E-state index in [1.165, 1.54) is 12.1 Å². The van der Waals surface area contributed by atoms with Crippen molar-refractivity contribution in [2.45, 2.75) is 63.4 Å². The summed E-state index contributed by atoms with van der Waals surface area (Å²) in [6.45, 7) is 5.98. The molecule has 1 amide bonds. The highest BCUT2D eigenvalue weighted by molar-refractivity contribution is 7.89. The highest BCUT2D eigenvalue weighted by Gasteiger charge is 2.30. The van der Waals surface area contributed by atoms with Gasteiger partial charge in [0.1, 0.15) is 5.82 Å². The van der Waals surface area contributed by atoms with Crippen LogP contribution < -0.4 is 10.0 Å². The average molecular weight is 548 g/mol. The van der Waals surface area contributed by atoms with Gasteiger partial charge in [0.15, 0.2) is 0 Å². The number of fused-ring (bicyclic) bond motifs is 1. The van der Waals surface area contributed by atoms with E-state index in [4.69, 9.17) is 0 Å². The number of benzene rings is 3. The van der Waals surface area contributed by atoms with Crippen molar-refractivity contribution in [3.63, 3.8) is 0 Å². The summed E-state index contributed by atoms with van der Waals surface area (Å²) in [6.07, 6.45) is 2.38. The molecule has 1 fully saturated rings. The summed E-state index contributed by atoms with van der Waals surface area (Å²) in [6, 6.07) is 19.1. The molecule has 204 valence electrons. The van der Waals surface area contributed by atoms with Gasteiger partial charge in [-0.2, -0.15) is 0 Å². The summed E-state index contributed by atoms with van der Waals surface area (Å²) >= 11 is 0. The first-order valence-electron chi connectivity index (χ1n) is 13.4. The molecule has 1 aliphatic rings. The number of nitrogens with one attached hydrogen (secondary N) is 3. The number of halogens is 1. The third kappa shape index (κ3) is 6.07. The Labute approximate surface area is 229 Å². The van der Waals surface area contributed by atoms with Crippen molar-refractivity contribution in [2.24, 2.45) is 5.92 Å². The number of aryl methyl sites for hydroxylation is 2. The Bertz CT molecular complexity index is 1600. The van der Waals surface area contributed by atoms with E-state index in [0.717, 1.165) is 38.9 Å². The largest absolute Gasteiger partial charge is 0.354 e. The van der Waals surface area contributed by atoms with Crippen LogP contribution in [0.5, 0.6) is 0 Å². The fraction of sp³-hybridized carbons (Fsp3) is 0.323. The van der Waals surface area contributed by atoms with Crippen LogP contribution in [0.1, 0.15) is 55.3 Å². The molecule has 4 aromatic rings. The molecule has 0 bridgehead atoms. The number of hydrogen-bond donors (Lipinski definition) is 3. The van der Waals surface area contributed by atoms with Crippen molar-refractivity contribution in [3.8, 4) is 11.3 Å². The lowest BCUT2D eigenvalue weighted by molar-refractivity contribution is -0.126. The quantitative estimate of drug-likeness (QED) is 0.253. The SMILES string of the molecule is Cc1ccc(C)c(-c2cc3ccc(S(=O)(=O)N[C@H]4CC[C@H](C(=O)N[C@H](C)c5ccc(F)cc5)CC4)cc3[nH]2)c1. The zero-order valence-electron chi connectivity index (χ0n) is 22.4. The second-order valence-electron chi connectivity index (χ2n) is 10.7. The van der Waals surface area contributed by atoms with Gasteiger partial charge in [-0.25, -0.2) is 17.5 Å². The molecule has 1 heterocycles. The number of carbonyl (C=O) groups is 1. The van der Waals surface area contributed by atoms with Crippen LogP contribution in [0.2, 0.25) is 0 Å². The molecule has 0 spiro atoms. The van der Waals surface area contributed by atoms with Crippen molar-refractivity contribution < 1.29 is 17.6 Å². The summed E-state index contributed by atoms with van der Waals surface area (Å²) in [5.41, 5.74) is 5.98. The molecular weight excluding hydrogens is 513 g/mol. The second kappa shape index (κ2) is 10.9. The number of rotatable bonds is 7. The monoisotopic (exact) mass is 547 g/mol. The zero-order chi connectivity index (χ0) is 27.7. The van der Waals surface area contributed by atoms with Gasteiger partial charge in [0.2, 0.25) is 15.9 Å². The third-order valence-corrected chi connectivity index (χ3v) is 9.25. The van der Waals surface area contributed by atoms with Crippen LogP contribution in [-0.2, 0) is 14.8 Å².